The van der Waals surface area contributed by atoms with Crippen LogP contribution < -0.4 is 36.0 Å². The Morgan fingerprint density at radius 3 is 0.688 bits per heavy atom. The average molecular weight is 692 g/mol. The first-order chi connectivity index (χ1) is 23.6. The van der Waals surface area contributed by atoms with Gasteiger partial charge in [-0.2, -0.15) is 0 Å². The molecule has 234 valence electrons. The van der Waals surface area contributed by atoms with Crippen LogP contribution in [0.1, 0.15) is 5.56 Å². The highest BCUT2D eigenvalue weighted by atomic mass is 32.1. The van der Waals surface area contributed by atoms with Crippen molar-refractivity contribution < 1.29 is 0 Å². The second kappa shape index (κ2) is 16.0. The highest BCUT2D eigenvalue weighted by Crippen LogP contribution is 2.50. The van der Waals surface area contributed by atoms with Crippen molar-refractivity contribution in [2.24, 2.45) is 0 Å². The van der Waals surface area contributed by atoms with Gasteiger partial charge in [-0.3, -0.25) is 0 Å². The summed E-state index contributed by atoms with van der Waals surface area (Å²) in [5.41, 5.74) is 0.961. The molecule has 48 heavy (non-hydrogen) atoms. The van der Waals surface area contributed by atoms with Gasteiger partial charge in [0.2, 0.25) is 0 Å². The molecule has 0 unspecified atom stereocenters. The Hall–Kier alpha value is -4.58. The van der Waals surface area contributed by atoms with Crippen LogP contribution in [0.3, 0.4) is 0 Å². The molecule has 5 heteroatoms. The summed E-state index contributed by atoms with van der Waals surface area (Å²) in [5.74, 6) is 0. The summed E-state index contributed by atoms with van der Waals surface area (Å²) >= 11 is 9.55. The van der Waals surface area contributed by atoms with E-state index < -0.39 is 14.1 Å². The topological polar surface area (TPSA) is 14.1 Å². The maximum absolute atomic E-state index is 6.38. The van der Waals surface area contributed by atoms with E-state index in [4.69, 9.17) is 29.0 Å². The Balaban J connectivity index is 0.000000388. The molecule has 0 fully saturated rings. The maximum Gasteiger partial charge on any atom is 0.301 e. The maximum atomic E-state index is 6.38. The summed E-state index contributed by atoms with van der Waals surface area (Å²) in [6.07, 6.45) is 0. The molecule has 0 aromatic heterocycles. The van der Waals surface area contributed by atoms with Gasteiger partial charge in [0.1, 0.15) is 0 Å². The molecule has 1 nitrogen and oxygen atoms in total. The third kappa shape index (κ3) is 7.13. The van der Waals surface area contributed by atoms with E-state index in [9.17, 15) is 0 Å². The minimum absolute atomic E-state index is 0.538. The Labute approximate surface area is 295 Å². The van der Waals surface area contributed by atoms with Crippen molar-refractivity contribution >= 4 is 75.0 Å². The van der Waals surface area contributed by atoms with Gasteiger partial charge in [-0.25, -0.2) is 0 Å². The highest BCUT2D eigenvalue weighted by Gasteiger charge is 2.44. The van der Waals surface area contributed by atoms with Gasteiger partial charge in [-0.05, 0) is 78.4 Å². The van der Waals surface area contributed by atoms with Gasteiger partial charge in [0.15, 0.2) is 0 Å². The second-order valence-electron chi connectivity index (χ2n) is 11.0. The molecule has 0 aliphatic carbocycles. The lowest BCUT2D eigenvalue weighted by Crippen LogP contribution is -2.31. The van der Waals surface area contributed by atoms with Gasteiger partial charge in [0, 0.05) is 0 Å². The fourth-order valence-corrected chi connectivity index (χ4v) is 15.6. The van der Waals surface area contributed by atoms with Crippen LogP contribution >= 0.6 is 26.3 Å². The van der Waals surface area contributed by atoms with Crippen molar-refractivity contribution in [1.82, 2.24) is 4.17 Å². The molecule has 7 rings (SSSR count). The first-order valence-electron chi connectivity index (χ1n) is 15.8. The zero-order valence-electron chi connectivity index (χ0n) is 26.4. The third-order valence-corrected chi connectivity index (χ3v) is 16.9. The Morgan fingerprint density at radius 1 is 0.333 bits per heavy atom. The molecular weight excluding hydrogens is 657 g/mol. The first kappa shape index (κ1) is 33.3. The lowest BCUT2D eigenvalue weighted by molar-refractivity contribution is 1.67. The fraction of sp³-hybridized carbons (Fsp3) is 0. The zero-order valence-corrected chi connectivity index (χ0v) is 29.8. The predicted octanol–water partition coefficient (Wildman–Crippen LogP) is 8.32. The standard InChI is InChI=1S/C36H30NP2.C7H6S2/c1-7-19-31(20-8-1)38(32-21-9-2-10-22-32,33-23-11-3-12-24-33)37-39(34-25-13-4-14-26-34,35-27-15-5-16-28-35)36-29-17-6-18-30-36;8-7(9)6-4-2-1-3-5-6/h1-30H;1-5H,(H,8,9)/q+1;/p-1. The van der Waals surface area contributed by atoms with Crippen LogP contribution in [0.25, 0.3) is 0 Å². The summed E-state index contributed by atoms with van der Waals surface area (Å²) in [6, 6.07) is 75.3. The van der Waals surface area contributed by atoms with Crippen molar-refractivity contribution in [2.75, 3.05) is 0 Å². The number of thiocarbonyl (C=S) groups is 1. The Kier molecular flexibility index (Phi) is 11.1. The van der Waals surface area contributed by atoms with Crippen molar-refractivity contribution in [1.29, 1.82) is 0 Å². The van der Waals surface area contributed by atoms with E-state index in [2.05, 4.69) is 182 Å². The average Bonchev–Trinajstić information content (AvgIpc) is 3.18. The molecule has 0 N–H and O–H groups in total. The number of benzene rings is 7. The molecule has 0 radical (unpaired) electrons. The van der Waals surface area contributed by atoms with Crippen LogP contribution in [0.5, 0.6) is 0 Å². The lowest BCUT2D eigenvalue weighted by Gasteiger charge is -2.20. The second-order valence-corrected chi connectivity index (χ2v) is 18.5. The molecule has 0 aliphatic heterocycles. The Bertz CT molecular complexity index is 1830. The molecule has 7 aromatic carbocycles. The molecule has 7 aromatic rings. The first-order valence-corrected chi connectivity index (χ1v) is 20.1. The third-order valence-electron chi connectivity index (χ3n) is 8.06. The summed E-state index contributed by atoms with van der Waals surface area (Å²) in [4.78, 5) is 0. The summed E-state index contributed by atoms with van der Waals surface area (Å²) < 4.78 is 6.92. The molecule has 0 amide bonds. The fourth-order valence-electron chi connectivity index (χ4n) is 5.84. The molecular formula is C43H35NP2S2. The quantitative estimate of drug-likeness (QED) is 0.0723. The molecule has 0 saturated heterocycles. The predicted molar refractivity (Wildman–Crippen MR) is 218 cm³/mol. The SMILES string of the molecule is S=C([S-])c1ccccc1.c1ccc(P(=[N+]=P(c2ccccc2)(c2ccccc2)c2ccccc2)(c2ccccc2)c2ccccc2)cc1. The minimum atomic E-state index is -2.50. The number of hydrogen-bond acceptors (Lipinski definition) is 2. The van der Waals surface area contributed by atoms with Gasteiger partial charge in [-0.1, -0.05) is 140 Å². The number of rotatable bonds is 7. The number of nitrogens with zero attached hydrogens (tertiary/aromatic N) is 1. The van der Waals surface area contributed by atoms with E-state index in [-0.39, 0.29) is 0 Å². The van der Waals surface area contributed by atoms with Crippen LogP contribution in [0.2, 0.25) is 0 Å². The summed E-state index contributed by atoms with van der Waals surface area (Å²) in [6.45, 7) is 0. The largest absolute Gasteiger partial charge is 0.428 e. The van der Waals surface area contributed by atoms with Crippen LogP contribution in [0, 0.1) is 0 Å². The molecule has 0 bridgehead atoms. The van der Waals surface area contributed by atoms with E-state index >= 15 is 0 Å². The smallest absolute Gasteiger partial charge is 0.301 e. The monoisotopic (exact) mass is 691 g/mol. The lowest BCUT2D eigenvalue weighted by atomic mass is 10.2. The van der Waals surface area contributed by atoms with Gasteiger partial charge in [0.05, 0.1) is 31.8 Å². The van der Waals surface area contributed by atoms with Gasteiger partial charge >= 0.3 is 14.1 Å². The Morgan fingerprint density at radius 2 is 0.521 bits per heavy atom. The van der Waals surface area contributed by atoms with Crippen molar-refractivity contribution in [3.63, 3.8) is 0 Å². The molecule has 0 spiro atoms. The van der Waals surface area contributed by atoms with Crippen molar-refractivity contribution in [2.45, 2.75) is 0 Å². The number of hydrogen-bond donors (Lipinski definition) is 0. The normalized spacial score (nSPS) is 11.0. The van der Waals surface area contributed by atoms with Crippen molar-refractivity contribution in [3.05, 3.63) is 218 Å². The van der Waals surface area contributed by atoms with E-state index in [1.165, 1.54) is 31.8 Å². The van der Waals surface area contributed by atoms with E-state index in [0.717, 1.165) is 5.56 Å². The highest BCUT2D eigenvalue weighted by molar-refractivity contribution is 8.01. The minimum Gasteiger partial charge on any atom is -0.428 e. The van der Waals surface area contributed by atoms with Crippen LogP contribution in [-0.4, -0.2) is 4.20 Å². The zero-order chi connectivity index (χ0) is 33.1. The summed E-state index contributed by atoms with van der Waals surface area (Å²) in [5, 5.41) is 7.55. The summed E-state index contributed by atoms with van der Waals surface area (Å²) in [7, 11) is -4.99. The van der Waals surface area contributed by atoms with Crippen LogP contribution in [-0.2, 0) is 12.6 Å². The van der Waals surface area contributed by atoms with Crippen molar-refractivity contribution in [3.8, 4) is 0 Å². The van der Waals surface area contributed by atoms with Gasteiger partial charge in [-0.15, -0.1) is 8.37 Å². The molecule has 0 aliphatic rings. The molecule has 0 atom stereocenters. The van der Waals surface area contributed by atoms with E-state index in [1.807, 2.05) is 30.3 Å². The molecule has 0 saturated carbocycles. The molecule has 0 heterocycles. The van der Waals surface area contributed by atoms with Gasteiger partial charge in [0.25, 0.3) is 0 Å². The van der Waals surface area contributed by atoms with E-state index in [0.29, 0.717) is 4.20 Å². The van der Waals surface area contributed by atoms with Gasteiger partial charge < -0.3 is 24.8 Å². The van der Waals surface area contributed by atoms with Crippen LogP contribution in [0.4, 0.5) is 0 Å². The van der Waals surface area contributed by atoms with E-state index in [1.54, 1.807) is 0 Å². The van der Waals surface area contributed by atoms with Crippen LogP contribution in [0.15, 0.2) is 212 Å².